The van der Waals surface area contributed by atoms with E-state index in [-0.39, 0.29) is 31.5 Å². The Bertz CT molecular complexity index is 1040. The molecule has 1 saturated heterocycles. The minimum absolute atomic E-state index is 0.00725. The van der Waals surface area contributed by atoms with Crippen LogP contribution in [0.5, 0.6) is 0 Å². The summed E-state index contributed by atoms with van der Waals surface area (Å²) in [6, 6.07) is 16.3. The summed E-state index contributed by atoms with van der Waals surface area (Å²) in [5, 5.41) is 12.4. The number of aliphatic carboxylic acids is 1. The van der Waals surface area contributed by atoms with Crippen LogP contribution in [0.15, 0.2) is 48.5 Å². The van der Waals surface area contributed by atoms with Gasteiger partial charge < -0.3 is 24.8 Å². The molecule has 1 aliphatic carbocycles. The number of rotatable bonds is 10. The summed E-state index contributed by atoms with van der Waals surface area (Å²) in [6.45, 7) is 1.04. The van der Waals surface area contributed by atoms with Gasteiger partial charge >= 0.3 is 12.1 Å². The molecule has 186 valence electrons. The minimum atomic E-state index is -1.27. The molecule has 0 radical (unpaired) electrons. The first-order chi connectivity index (χ1) is 17.0. The number of hydrogen-bond acceptors (Lipinski definition) is 5. The SMILES string of the molecule is COCC1(C(=O)O)CCCN1C(=O)CCCCNC(=O)OCC1c2ccccc2-c2ccccc21. The Morgan fingerprint density at radius 2 is 1.71 bits per heavy atom. The Hall–Kier alpha value is -3.39. The number of nitrogens with zero attached hydrogens (tertiary/aromatic N) is 1. The first-order valence-corrected chi connectivity index (χ1v) is 12.1. The van der Waals surface area contributed by atoms with E-state index in [0.717, 1.165) is 11.1 Å². The minimum Gasteiger partial charge on any atom is -0.479 e. The molecule has 2 N–H and O–H groups in total. The molecular weight excluding hydrogens is 448 g/mol. The number of hydrogen-bond donors (Lipinski definition) is 2. The zero-order valence-electron chi connectivity index (χ0n) is 20.0. The quantitative estimate of drug-likeness (QED) is 0.502. The van der Waals surface area contributed by atoms with Gasteiger partial charge in [-0.15, -0.1) is 0 Å². The van der Waals surface area contributed by atoms with E-state index in [1.54, 1.807) is 0 Å². The van der Waals surface area contributed by atoms with Gasteiger partial charge in [-0.3, -0.25) is 4.79 Å². The molecule has 4 rings (SSSR count). The van der Waals surface area contributed by atoms with E-state index in [1.165, 1.54) is 23.1 Å². The molecule has 0 spiro atoms. The van der Waals surface area contributed by atoms with Crippen molar-refractivity contribution < 1.29 is 29.0 Å². The smallest absolute Gasteiger partial charge is 0.407 e. The Labute approximate surface area is 205 Å². The molecule has 2 aromatic carbocycles. The third-order valence-corrected chi connectivity index (χ3v) is 7.00. The predicted octanol–water partition coefficient (Wildman–Crippen LogP) is 3.79. The molecule has 1 atom stereocenters. The normalized spacial score (nSPS) is 18.7. The van der Waals surface area contributed by atoms with Crippen molar-refractivity contribution in [3.63, 3.8) is 0 Å². The van der Waals surface area contributed by atoms with Crippen molar-refractivity contribution in [1.29, 1.82) is 0 Å². The third kappa shape index (κ3) is 5.03. The zero-order chi connectivity index (χ0) is 24.8. The number of amides is 2. The van der Waals surface area contributed by atoms with Crippen LogP contribution in [0, 0.1) is 0 Å². The number of likely N-dealkylation sites (tertiary alicyclic amines) is 1. The van der Waals surface area contributed by atoms with Gasteiger partial charge in [0.15, 0.2) is 5.54 Å². The van der Waals surface area contributed by atoms with Crippen LogP contribution in [0.3, 0.4) is 0 Å². The van der Waals surface area contributed by atoms with Gasteiger partial charge in [0.05, 0.1) is 6.61 Å². The fraction of sp³-hybridized carbons (Fsp3) is 0.444. The first kappa shape index (κ1) is 24.7. The lowest BCUT2D eigenvalue weighted by Gasteiger charge is -2.34. The summed E-state index contributed by atoms with van der Waals surface area (Å²) in [4.78, 5) is 38.2. The average Bonchev–Trinajstić information content (AvgIpc) is 3.43. The van der Waals surface area contributed by atoms with E-state index >= 15 is 0 Å². The van der Waals surface area contributed by atoms with Crippen molar-refractivity contribution in [3.05, 3.63) is 59.7 Å². The van der Waals surface area contributed by atoms with Crippen molar-refractivity contribution in [1.82, 2.24) is 10.2 Å². The van der Waals surface area contributed by atoms with Crippen LogP contribution in [-0.4, -0.2) is 66.9 Å². The lowest BCUT2D eigenvalue weighted by molar-refractivity contribution is -0.160. The number of benzene rings is 2. The molecular formula is C27H32N2O6. The Morgan fingerprint density at radius 1 is 1.06 bits per heavy atom. The molecule has 0 aromatic heterocycles. The van der Waals surface area contributed by atoms with E-state index in [2.05, 4.69) is 29.6 Å². The lowest BCUT2D eigenvalue weighted by Crippen LogP contribution is -2.56. The lowest BCUT2D eigenvalue weighted by atomic mass is 9.97. The molecule has 1 fully saturated rings. The maximum Gasteiger partial charge on any atom is 0.407 e. The molecule has 2 aromatic rings. The van der Waals surface area contributed by atoms with E-state index < -0.39 is 17.6 Å². The molecule has 0 bridgehead atoms. The Balaban J connectivity index is 1.20. The average molecular weight is 481 g/mol. The Morgan fingerprint density at radius 3 is 2.34 bits per heavy atom. The number of unbranched alkanes of at least 4 members (excludes halogenated alkanes) is 1. The highest BCUT2D eigenvalue weighted by atomic mass is 16.5. The molecule has 8 heteroatoms. The molecule has 1 heterocycles. The number of nitrogens with one attached hydrogen (secondary N) is 1. The molecule has 0 saturated carbocycles. The second kappa shape index (κ2) is 10.9. The number of ether oxygens (including phenoxy) is 2. The molecule has 2 amide bonds. The monoisotopic (exact) mass is 480 g/mol. The van der Waals surface area contributed by atoms with Gasteiger partial charge in [0.25, 0.3) is 0 Å². The van der Waals surface area contributed by atoms with E-state index in [0.29, 0.717) is 38.8 Å². The molecule has 8 nitrogen and oxygen atoms in total. The number of carboxylic acid groups (broad SMARTS) is 1. The van der Waals surface area contributed by atoms with E-state index in [9.17, 15) is 19.5 Å². The molecule has 1 aliphatic heterocycles. The van der Waals surface area contributed by atoms with Crippen LogP contribution >= 0.6 is 0 Å². The second-order valence-corrected chi connectivity index (χ2v) is 9.13. The Kier molecular flexibility index (Phi) is 7.70. The standard InChI is InChI=1S/C27H32N2O6/c1-34-18-27(25(31)32)14-8-16-29(27)24(30)13-6-7-15-28-26(33)35-17-23-21-11-4-2-9-19(21)20-10-3-5-12-22(20)23/h2-5,9-12,23H,6-8,13-18H2,1H3,(H,28,33)(H,31,32). The van der Waals surface area contributed by atoms with E-state index in [4.69, 9.17) is 9.47 Å². The summed E-state index contributed by atoms with van der Waals surface area (Å²) >= 11 is 0. The second-order valence-electron chi connectivity index (χ2n) is 9.13. The number of carbonyl (C=O) groups excluding carboxylic acids is 2. The van der Waals surface area contributed by atoms with Crippen LogP contribution in [0.4, 0.5) is 4.79 Å². The van der Waals surface area contributed by atoms with Crippen LogP contribution in [0.1, 0.15) is 49.1 Å². The predicted molar refractivity (Wildman–Crippen MR) is 130 cm³/mol. The molecule has 1 unspecified atom stereocenters. The summed E-state index contributed by atoms with van der Waals surface area (Å²) in [5.74, 6) is -1.21. The van der Waals surface area contributed by atoms with Gasteiger partial charge in [-0.25, -0.2) is 9.59 Å². The number of alkyl carbamates (subject to hydrolysis) is 1. The number of methoxy groups -OCH3 is 1. The van der Waals surface area contributed by atoms with Gasteiger partial charge in [0, 0.05) is 32.5 Å². The fourth-order valence-electron chi connectivity index (χ4n) is 5.29. The van der Waals surface area contributed by atoms with Crippen molar-refractivity contribution in [2.45, 2.75) is 43.6 Å². The number of carbonyl (C=O) groups is 3. The highest BCUT2D eigenvalue weighted by Gasteiger charge is 2.49. The van der Waals surface area contributed by atoms with Crippen LogP contribution in [-0.2, 0) is 19.1 Å². The highest BCUT2D eigenvalue weighted by molar-refractivity contribution is 5.88. The van der Waals surface area contributed by atoms with Gasteiger partial charge in [0.1, 0.15) is 6.61 Å². The highest BCUT2D eigenvalue weighted by Crippen LogP contribution is 2.44. The van der Waals surface area contributed by atoms with Crippen LogP contribution < -0.4 is 5.32 Å². The largest absolute Gasteiger partial charge is 0.479 e. The van der Waals surface area contributed by atoms with Crippen molar-refractivity contribution in [2.75, 3.05) is 33.4 Å². The van der Waals surface area contributed by atoms with Gasteiger partial charge in [-0.2, -0.15) is 0 Å². The van der Waals surface area contributed by atoms with Crippen molar-refractivity contribution in [3.8, 4) is 11.1 Å². The zero-order valence-corrected chi connectivity index (χ0v) is 20.0. The van der Waals surface area contributed by atoms with Crippen LogP contribution in [0.2, 0.25) is 0 Å². The number of carboxylic acids is 1. The number of fused-ring (bicyclic) bond motifs is 3. The van der Waals surface area contributed by atoms with Crippen molar-refractivity contribution >= 4 is 18.0 Å². The molecule has 35 heavy (non-hydrogen) atoms. The third-order valence-electron chi connectivity index (χ3n) is 7.00. The summed E-state index contributed by atoms with van der Waals surface area (Å²) in [7, 11) is 1.45. The van der Waals surface area contributed by atoms with Crippen LogP contribution in [0.25, 0.3) is 11.1 Å². The maximum atomic E-state index is 12.7. The van der Waals surface area contributed by atoms with Gasteiger partial charge in [-0.05, 0) is 47.9 Å². The van der Waals surface area contributed by atoms with Gasteiger partial charge in [0.2, 0.25) is 5.91 Å². The fourth-order valence-corrected chi connectivity index (χ4v) is 5.29. The van der Waals surface area contributed by atoms with Gasteiger partial charge in [-0.1, -0.05) is 48.5 Å². The summed E-state index contributed by atoms with van der Waals surface area (Å²) in [6.07, 6.45) is 1.92. The summed E-state index contributed by atoms with van der Waals surface area (Å²) in [5.41, 5.74) is 3.40. The first-order valence-electron chi connectivity index (χ1n) is 12.1. The van der Waals surface area contributed by atoms with Crippen molar-refractivity contribution in [2.24, 2.45) is 0 Å². The maximum absolute atomic E-state index is 12.7. The summed E-state index contributed by atoms with van der Waals surface area (Å²) < 4.78 is 10.6. The molecule has 2 aliphatic rings. The topological polar surface area (TPSA) is 105 Å². The van der Waals surface area contributed by atoms with E-state index in [1.807, 2.05) is 24.3 Å².